The molecule has 0 aromatic heterocycles. The second-order valence-electron chi connectivity index (χ2n) is 5.69. The fourth-order valence-electron chi connectivity index (χ4n) is 2.88. The molecule has 1 atom stereocenters. The average Bonchev–Trinajstić information content (AvgIpc) is 2.70. The number of nitrogens with one attached hydrogen (secondary N) is 1. The van der Waals surface area contributed by atoms with Gasteiger partial charge in [-0.05, 0) is 38.0 Å². The lowest BCUT2D eigenvalue weighted by Gasteiger charge is -2.30. The molecular weight excluding hydrogens is 319 g/mol. The van der Waals surface area contributed by atoms with E-state index in [0.29, 0.717) is 11.6 Å². The highest BCUT2D eigenvalue weighted by molar-refractivity contribution is 9.10. The maximum atomic E-state index is 14.1. The molecule has 0 radical (unpaired) electrons. The zero-order valence-corrected chi connectivity index (χ0v) is 13.3. The van der Waals surface area contributed by atoms with Crippen LogP contribution >= 0.6 is 15.9 Å². The zero-order valence-electron chi connectivity index (χ0n) is 11.8. The number of nitriles is 1. The third-order valence-corrected chi connectivity index (χ3v) is 4.53. The van der Waals surface area contributed by atoms with Gasteiger partial charge in [-0.1, -0.05) is 41.6 Å². The van der Waals surface area contributed by atoms with Crippen LogP contribution in [0.1, 0.15) is 51.0 Å². The van der Waals surface area contributed by atoms with Crippen LogP contribution in [0.15, 0.2) is 22.7 Å². The SMILES string of the molecule is CC(C#N)(NC1CCCCCC1)c1cc(Br)ccc1F. The molecule has 0 bridgehead atoms. The smallest absolute Gasteiger partial charge is 0.132 e. The quantitative estimate of drug-likeness (QED) is 0.815. The number of rotatable bonds is 3. The Morgan fingerprint density at radius 1 is 1.30 bits per heavy atom. The zero-order chi connectivity index (χ0) is 14.6. The summed E-state index contributed by atoms with van der Waals surface area (Å²) in [6.07, 6.45) is 7.00. The first-order valence-corrected chi connectivity index (χ1v) is 7.99. The normalized spacial score (nSPS) is 19.9. The van der Waals surface area contributed by atoms with Gasteiger partial charge in [0.25, 0.3) is 0 Å². The molecule has 108 valence electrons. The van der Waals surface area contributed by atoms with E-state index in [1.54, 1.807) is 19.1 Å². The summed E-state index contributed by atoms with van der Waals surface area (Å²) in [5, 5.41) is 12.9. The molecule has 1 aliphatic rings. The molecule has 0 aliphatic heterocycles. The molecule has 1 aromatic carbocycles. The number of nitrogens with zero attached hydrogens (tertiary/aromatic N) is 1. The highest BCUT2D eigenvalue weighted by Crippen LogP contribution is 2.29. The average molecular weight is 339 g/mol. The standard InChI is InChI=1S/C16H20BrFN2/c1-16(11-19,14-10-12(17)8-9-15(14)18)20-13-6-4-2-3-5-7-13/h8-10,13,20H,2-7H2,1H3. The number of hydrogen-bond acceptors (Lipinski definition) is 2. The van der Waals surface area contributed by atoms with Crippen molar-refractivity contribution in [3.63, 3.8) is 0 Å². The lowest BCUT2D eigenvalue weighted by Crippen LogP contribution is -2.45. The second-order valence-corrected chi connectivity index (χ2v) is 6.61. The van der Waals surface area contributed by atoms with E-state index in [9.17, 15) is 9.65 Å². The Morgan fingerprint density at radius 2 is 1.95 bits per heavy atom. The van der Waals surface area contributed by atoms with Gasteiger partial charge in [-0.25, -0.2) is 4.39 Å². The molecule has 20 heavy (non-hydrogen) atoms. The van der Waals surface area contributed by atoms with E-state index in [4.69, 9.17) is 0 Å². The molecule has 1 N–H and O–H groups in total. The van der Waals surface area contributed by atoms with E-state index in [1.807, 2.05) is 0 Å². The van der Waals surface area contributed by atoms with Crippen molar-refractivity contribution in [3.8, 4) is 6.07 Å². The highest BCUT2D eigenvalue weighted by Gasteiger charge is 2.32. The Morgan fingerprint density at radius 3 is 2.55 bits per heavy atom. The maximum Gasteiger partial charge on any atom is 0.132 e. The molecule has 1 saturated carbocycles. The molecule has 1 aliphatic carbocycles. The van der Waals surface area contributed by atoms with Gasteiger partial charge in [-0.3, -0.25) is 5.32 Å². The van der Waals surface area contributed by atoms with Gasteiger partial charge in [0.2, 0.25) is 0 Å². The summed E-state index contributed by atoms with van der Waals surface area (Å²) in [6, 6.07) is 7.31. The number of hydrogen-bond donors (Lipinski definition) is 1. The van der Waals surface area contributed by atoms with Crippen molar-refractivity contribution < 1.29 is 4.39 Å². The lowest BCUT2D eigenvalue weighted by atomic mass is 9.91. The monoisotopic (exact) mass is 338 g/mol. The topological polar surface area (TPSA) is 35.8 Å². The minimum atomic E-state index is -0.983. The summed E-state index contributed by atoms with van der Waals surface area (Å²) >= 11 is 3.35. The fraction of sp³-hybridized carbons (Fsp3) is 0.562. The van der Waals surface area contributed by atoms with E-state index < -0.39 is 5.54 Å². The van der Waals surface area contributed by atoms with Crippen molar-refractivity contribution in [3.05, 3.63) is 34.1 Å². The van der Waals surface area contributed by atoms with Gasteiger partial charge in [-0.15, -0.1) is 0 Å². The predicted octanol–water partition coefficient (Wildman–Crippen LogP) is 4.64. The number of halogens is 2. The van der Waals surface area contributed by atoms with Crippen LogP contribution in [-0.4, -0.2) is 6.04 Å². The van der Waals surface area contributed by atoms with Crippen LogP contribution in [0.5, 0.6) is 0 Å². The summed E-state index contributed by atoms with van der Waals surface area (Å²) in [5.41, 5.74) is -0.568. The second kappa shape index (κ2) is 6.69. The first kappa shape index (κ1) is 15.5. The number of benzene rings is 1. The van der Waals surface area contributed by atoms with Gasteiger partial charge in [0.05, 0.1) is 6.07 Å². The summed E-state index contributed by atoms with van der Waals surface area (Å²) < 4.78 is 14.9. The first-order chi connectivity index (χ1) is 9.55. The molecule has 0 spiro atoms. The minimum absolute atomic E-state index is 0.292. The van der Waals surface area contributed by atoms with Crippen molar-refractivity contribution in [2.45, 2.75) is 57.0 Å². The Kier molecular flexibility index (Phi) is 5.17. The van der Waals surface area contributed by atoms with E-state index in [1.165, 1.54) is 31.7 Å². The van der Waals surface area contributed by atoms with Gasteiger partial charge in [0, 0.05) is 16.1 Å². The van der Waals surface area contributed by atoms with Crippen molar-refractivity contribution >= 4 is 15.9 Å². The van der Waals surface area contributed by atoms with Gasteiger partial charge in [0.15, 0.2) is 0 Å². The van der Waals surface area contributed by atoms with E-state index >= 15 is 0 Å². The largest absolute Gasteiger partial charge is 0.293 e. The van der Waals surface area contributed by atoms with Crippen LogP contribution in [0.2, 0.25) is 0 Å². The highest BCUT2D eigenvalue weighted by atomic mass is 79.9. The Balaban J connectivity index is 2.24. The first-order valence-electron chi connectivity index (χ1n) is 7.19. The molecule has 0 amide bonds. The molecule has 0 heterocycles. The van der Waals surface area contributed by atoms with Crippen LogP contribution in [0.25, 0.3) is 0 Å². The molecule has 0 saturated heterocycles. The summed E-state index contributed by atoms with van der Waals surface area (Å²) in [7, 11) is 0. The van der Waals surface area contributed by atoms with Crippen LogP contribution in [-0.2, 0) is 5.54 Å². The van der Waals surface area contributed by atoms with E-state index in [0.717, 1.165) is 17.3 Å². The van der Waals surface area contributed by atoms with Crippen molar-refractivity contribution in [1.82, 2.24) is 5.32 Å². The van der Waals surface area contributed by atoms with Crippen molar-refractivity contribution in [2.75, 3.05) is 0 Å². The lowest BCUT2D eigenvalue weighted by molar-refractivity contribution is 0.348. The molecule has 2 nitrogen and oxygen atoms in total. The predicted molar refractivity (Wildman–Crippen MR) is 81.7 cm³/mol. The molecule has 1 unspecified atom stereocenters. The van der Waals surface area contributed by atoms with Crippen LogP contribution in [0, 0.1) is 17.1 Å². The van der Waals surface area contributed by atoms with Gasteiger partial charge in [-0.2, -0.15) is 5.26 Å². The van der Waals surface area contributed by atoms with Crippen LogP contribution in [0.3, 0.4) is 0 Å². The third-order valence-electron chi connectivity index (χ3n) is 4.04. The van der Waals surface area contributed by atoms with Crippen LogP contribution < -0.4 is 5.32 Å². The third kappa shape index (κ3) is 3.59. The molecule has 1 fully saturated rings. The Hall–Kier alpha value is -0.920. The Labute approximate surface area is 128 Å². The van der Waals surface area contributed by atoms with Gasteiger partial charge < -0.3 is 0 Å². The van der Waals surface area contributed by atoms with Crippen LogP contribution in [0.4, 0.5) is 4.39 Å². The summed E-state index contributed by atoms with van der Waals surface area (Å²) in [5.74, 6) is -0.335. The van der Waals surface area contributed by atoms with Gasteiger partial charge >= 0.3 is 0 Å². The van der Waals surface area contributed by atoms with E-state index in [-0.39, 0.29) is 5.82 Å². The molecular formula is C16H20BrFN2. The summed E-state index contributed by atoms with van der Waals surface area (Å²) in [4.78, 5) is 0. The fourth-order valence-corrected chi connectivity index (χ4v) is 3.24. The molecule has 4 heteroatoms. The van der Waals surface area contributed by atoms with E-state index in [2.05, 4.69) is 27.3 Å². The Bertz CT molecular complexity index is 504. The van der Waals surface area contributed by atoms with Crippen molar-refractivity contribution in [1.29, 1.82) is 5.26 Å². The summed E-state index contributed by atoms with van der Waals surface area (Å²) in [6.45, 7) is 1.77. The molecule has 1 aromatic rings. The maximum absolute atomic E-state index is 14.1. The molecule has 2 rings (SSSR count). The van der Waals surface area contributed by atoms with Gasteiger partial charge in [0.1, 0.15) is 11.4 Å². The minimum Gasteiger partial charge on any atom is -0.293 e. The van der Waals surface area contributed by atoms with Crippen molar-refractivity contribution in [2.24, 2.45) is 0 Å².